The first-order valence-corrected chi connectivity index (χ1v) is 7.78. The first kappa shape index (κ1) is 16.1. The second kappa shape index (κ2) is 5.86. The van der Waals surface area contributed by atoms with E-state index in [0.29, 0.717) is 5.16 Å². The number of hydrogen-bond acceptors (Lipinski definition) is 4. The van der Waals surface area contributed by atoms with Crippen molar-refractivity contribution in [2.75, 3.05) is 6.26 Å². The van der Waals surface area contributed by atoms with E-state index < -0.39 is 29.5 Å². The normalized spacial score (nSPS) is 23.3. The van der Waals surface area contributed by atoms with Crippen LogP contribution in [0.1, 0.15) is 31.7 Å². The van der Waals surface area contributed by atoms with Crippen LogP contribution in [0.4, 0.5) is 13.2 Å². The zero-order valence-electron chi connectivity index (χ0n) is 11.7. The standard InChI is InChI=1S/C12H16F3N3O2S/c1-17-10(21-2)16-9(19)18(11(17)20)8-5-3-7(4-6-8)12(13,14)15/h7-8H,3-6H2,1-2H3. The average molecular weight is 323 g/mol. The van der Waals surface area contributed by atoms with Gasteiger partial charge in [0.2, 0.25) is 0 Å². The molecule has 1 aromatic rings. The summed E-state index contributed by atoms with van der Waals surface area (Å²) in [5.74, 6) is -1.34. The van der Waals surface area contributed by atoms with Gasteiger partial charge in [-0.2, -0.15) is 18.2 Å². The molecule has 0 bridgehead atoms. The zero-order valence-corrected chi connectivity index (χ0v) is 12.5. The highest BCUT2D eigenvalue weighted by atomic mass is 32.2. The first-order chi connectivity index (χ1) is 9.75. The smallest absolute Gasteiger partial charge is 0.275 e. The Balaban J connectivity index is 2.28. The van der Waals surface area contributed by atoms with Gasteiger partial charge < -0.3 is 0 Å². The lowest BCUT2D eigenvalue weighted by atomic mass is 9.85. The molecule has 1 aliphatic rings. The number of halogens is 3. The highest BCUT2D eigenvalue weighted by Crippen LogP contribution is 2.40. The van der Waals surface area contributed by atoms with E-state index in [2.05, 4.69) is 4.98 Å². The Morgan fingerprint density at radius 2 is 1.76 bits per heavy atom. The van der Waals surface area contributed by atoms with Gasteiger partial charge in [0.15, 0.2) is 5.16 Å². The van der Waals surface area contributed by atoms with E-state index >= 15 is 0 Å². The van der Waals surface area contributed by atoms with Crippen molar-refractivity contribution in [3.05, 3.63) is 21.0 Å². The summed E-state index contributed by atoms with van der Waals surface area (Å²) in [4.78, 5) is 28.0. The van der Waals surface area contributed by atoms with E-state index in [4.69, 9.17) is 0 Å². The van der Waals surface area contributed by atoms with Crippen LogP contribution in [0.15, 0.2) is 14.7 Å². The molecule has 0 unspecified atom stereocenters. The lowest BCUT2D eigenvalue weighted by Crippen LogP contribution is -2.45. The highest BCUT2D eigenvalue weighted by Gasteiger charge is 2.42. The van der Waals surface area contributed by atoms with Gasteiger partial charge in [-0.3, -0.25) is 4.57 Å². The van der Waals surface area contributed by atoms with Crippen LogP contribution in [-0.4, -0.2) is 26.6 Å². The van der Waals surface area contributed by atoms with Gasteiger partial charge in [-0.15, -0.1) is 0 Å². The van der Waals surface area contributed by atoms with Crippen molar-refractivity contribution >= 4 is 11.8 Å². The third-order valence-electron chi connectivity index (χ3n) is 3.88. The van der Waals surface area contributed by atoms with Crippen LogP contribution >= 0.6 is 11.8 Å². The Morgan fingerprint density at radius 3 is 2.24 bits per heavy atom. The van der Waals surface area contributed by atoms with Crippen LogP contribution < -0.4 is 11.4 Å². The Kier molecular flexibility index (Phi) is 4.50. The summed E-state index contributed by atoms with van der Waals surface area (Å²) < 4.78 is 40.2. The third-order valence-corrected chi connectivity index (χ3v) is 4.61. The van der Waals surface area contributed by atoms with Crippen molar-refractivity contribution in [2.45, 2.75) is 43.1 Å². The van der Waals surface area contributed by atoms with E-state index in [1.807, 2.05) is 0 Å². The number of alkyl halides is 3. The second-order valence-corrected chi connectivity index (χ2v) is 5.91. The van der Waals surface area contributed by atoms with Crippen molar-refractivity contribution in [3.63, 3.8) is 0 Å². The molecule has 1 fully saturated rings. The molecule has 0 aliphatic heterocycles. The predicted molar refractivity (Wildman–Crippen MR) is 72.6 cm³/mol. The van der Waals surface area contributed by atoms with Crippen LogP contribution in [0, 0.1) is 5.92 Å². The summed E-state index contributed by atoms with van der Waals surface area (Å²) in [6.45, 7) is 0. The van der Waals surface area contributed by atoms with Gasteiger partial charge in [-0.05, 0) is 31.9 Å². The summed E-state index contributed by atoms with van der Waals surface area (Å²) in [5.41, 5.74) is -1.20. The quantitative estimate of drug-likeness (QED) is 0.781. The third kappa shape index (κ3) is 3.17. The SMILES string of the molecule is CSc1nc(=O)n(C2CCC(C(F)(F)F)CC2)c(=O)n1C. The molecule has 0 atom stereocenters. The fourth-order valence-corrected chi connectivity index (χ4v) is 3.21. The summed E-state index contributed by atoms with van der Waals surface area (Å²) in [6, 6.07) is -0.502. The van der Waals surface area contributed by atoms with Gasteiger partial charge in [0, 0.05) is 13.1 Å². The largest absolute Gasteiger partial charge is 0.391 e. The van der Waals surface area contributed by atoms with Crippen molar-refractivity contribution in [1.82, 2.24) is 14.1 Å². The molecule has 0 spiro atoms. The summed E-state index contributed by atoms with van der Waals surface area (Å²) in [6.07, 6.45) is -2.30. The van der Waals surface area contributed by atoms with Gasteiger partial charge in [-0.25, -0.2) is 14.2 Å². The summed E-state index contributed by atoms with van der Waals surface area (Å²) in [5, 5.41) is 0.297. The molecule has 0 radical (unpaired) electrons. The minimum atomic E-state index is -4.21. The Hall–Kier alpha value is -1.25. The van der Waals surface area contributed by atoms with Crippen molar-refractivity contribution in [2.24, 2.45) is 13.0 Å². The first-order valence-electron chi connectivity index (χ1n) is 6.56. The van der Waals surface area contributed by atoms with Gasteiger partial charge in [0.25, 0.3) is 0 Å². The fraction of sp³-hybridized carbons (Fsp3) is 0.750. The monoisotopic (exact) mass is 323 g/mol. The number of thioether (sulfide) groups is 1. The molecule has 1 saturated carbocycles. The van der Waals surface area contributed by atoms with Crippen LogP contribution in [0.5, 0.6) is 0 Å². The maximum Gasteiger partial charge on any atom is 0.391 e. The summed E-state index contributed by atoms with van der Waals surface area (Å²) >= 11 is 1.17. The molecule has 0 N–H and O–H groups in total. The van der Waals surface area contributed by atoms with Gasteiger partial charge in [-0.1, -0.05) is 11.8 Å². The maximum absolute atomic E-state index is 12.6. The molecule has 1 heterocycles. The van der Waals surface area contributed by atoms with Crippen molar-refractivity contribution in [1.29, 1.82) is 0 Å². The molecule has 118 valence electrons. The molecule has 0 aromatic carbocycles. The fourth-order valence-electron chi connectivity index (χ4n) is 2.69. The number of nitrogens with zero attached hydrogens (tertiary/aromatic N) is 3. The van der Waals surface area contributed by atoms with Gasteiger partial charge >= 0.3 is 17.6 Å². The number of rotatable bonds is 2. The molecule has 1 aliphatic carbocycles. The summed E-state index contributed by atoms with van der Waals surface area (Å²) in [7, 11) is 1.50. The average Bonchev–Trinajstić information content (AvgIpc) is 2.42. The topological polar surface area (TPSA) is 56.9 Å². The van der Waals surface area contributed by atoms with Crippen LogP contribution in [-0.2, 0) is 7.05 Å². The maximum atomic E-state index is 12.6. The molecule has 9 heteroatoms. The van der Waals surface area contributed by atoms with Crippen molar-refractivity contribution in [3.8, 4) is 0 Å². The van der Waals surface area contributed by atoms with Crippen LogP contribution in [0.2, 0.25) is 0 Å². The molecular formula is C12H16F3N3O2S. The predicted octanol–water partition coefficient (Wildman–Crippen LogP) is 1.96. The molecular weight excluding hydrogens is 307 g/mol. The molecule has 1 aromatic heterocycles. The van der Waals surface area contributed by atoms with E-state index in [1.165, 1.54) is 23.4 Å². The zero-order chi connectivity index (χ0) is 15.8. The molecule has 0 saturated heterocycles. The van der Waals surface area contributed by atoms with Crippen molar-refractivity contribution < 1.29 is 13.2 Å². The van der Waals surface area contributed by atoms with E-state index in [-0.39, 0.29) is 25.7 Å². The van der Waals surface area contributed by atoms with E-state index in [9.17, 15) is 22.8 Å². The van der Waals surface area contributed by atoms with Gasteiger partial charge in [0.1, 0.15) is 0 Å². The lowest BCUT2D eigenvalue weighted by molar-refractivity contribution is -0.183. The van der Waals surface area contributed by atoms with E-state index in [0.717, 1.165) is 4.57 Å². The highest BCUT2D eigenvalue weighted by molar-refractivity contribution is 7.98. The molecule has 2 rings (SSSR count). The second-order valence-electron chi connectivity index (χ2n) is 5.14. The Morgan fingerprint density at radius 1 is 1.19 bits per heavy atom. The minimum Gasteiger partial charge on any atom is -0.275 e. The van der Waals surface area contributed by atoms with Crippen LogP contribution in [0.25, 0.3) is 0 Å². The number of hydrogen-bond donors (Lipinski definition) is 0. The van der Waals surface area contributed by atoms with Crippen LogP contribution in [0.3, 0.4) is 0 Å². The minimum absolute atomic E-state index is 0.0615. The van der Waals surface area contributed by atoms with Gasteiger partial charge in [0.05, 0.1) is 5.92 Å². The molecule has 5 nitrogen and oxygen atoms in total. The lowest BCUT2D eigenvalue weighted by Gasteiger charge is -2.30. The molecule has 21 heavy (non-hydrogen) atoms. The number of aromatic nitrogens is 3. The molecule has 0 amide bonds. The Labute approximate surface area is 123 Å². The van der Waals surface area contributed by atoms with E-state index in [1.54, 1.807) is 6.26 Å². The Bertz CT molecular complexity index is 630.